The monoisotopic (exact) mass is 379 g/mol. The van der Waals surface area contributed by atoms with Crippen LogP contribution >= 0.6 is 0 Å². The first-order valence-electron chi connectivity index (χ1n) is 10.7. The van der Waals surface area contributed by atoms with Crippen molar-refractivity contribution in [3.05, 3.63) is 0 Å². The third kappa shape index (κ3) is 3.63. The van der Waals surface area contributed by atoms with Crippen molar-refractivity contribution in [3.8, 4) is 0 Å². The highest BCUT2D eigenvalue weighted by Gasteiger charge is 2.63. The number of amides is 2. The van der Waals surface area contributed by atoms with Gasteiger partial charge in [0.15, 0.2) is 0 Å². The number of nitrogens with two attached hydrogens (primary N) is 1. The molecule has 2 N–H and O–H groups in total. The maximum absolute atomic E-state index is 13.1. The lowest BCUT2D eigenvalue weighted by molar-refractivity contribution is -0.180. The molecule has 3 rings (SSSR count). The quantitative estimate of drug-likeness (QED) is 0.811. The van der Waals surface area contributed by atoms with E-state index in [1.165, 1.54) is 0 Å². The molecule has 3 fully saturated rings. The number of hydrogen-bond acceptors (Lipinski definition) is 4. The second kappa shape index (κ2) is 7.70. The number of ether oxygens (including phenoxy) is 1. The molecule has 1 aliphatic carbocycles. The normalized spacial score (nSPS) is 32.3. The largest absolute Gasteiger partial charge is 0.378 e. The van der Waals surface area contributed by atoms with E-state index in [9.17, 15) is 9.59 Å². The summed E-state index contributed by atoms with van der Waals surface area (Å²) in [5.74, 6) is 1.10. The number of carbonyl (C=O) groups excluding carboxylic acids is 2. The Bertz CT molecular complexity index is 563. The summed E-state index contributed by atoms with van der Waals surface area (Å²) in [6, 6.07) is 0. The number of hydrogen-bond donors (Lipinski definition) is 1. The molecule has 6 heteroatoms. The van der Waals surface area contributed by atoms with Crippen molar-refractivity contribution in [3.63, 3.8) is 0 Å². The number of rotatable bonds is 4. The van der Waals surface area contributed by atoms with Crippen LogP contribution in [0.1, 0.15) is 59.8 Å². The van der Waals surface area contributed by atoms with E-state index in [0.717, 1.165) is 44.7 Å². The number of nitrogens with zero attached hydrogens (tertiary/aromatic N) is 2. The average Bonchev–Trinajstić information content (AvgIpc) is 2.67. The van der Waals surface area contributed by atoms with E-state index in [4.69, 9.17) is 10.5 Å². The third-order valence-corrected chi connectivity index (χ3v) is 7.44. The SMILES string of the molecule is CCOC1CC(N)(C(=O)N2CCC(C(=O)N3CCC(C)CC3)CC2)C1(C)C. The van der Waals surface area contributed by atoms with Crippen molar-refractivity contribution in [2.24, 2.45) is 23.0 Å². The van der Waals surface area contributed by atoms with Crippen LogP contribution < -0.4 is 5.73 Å². The minimum Gasteiger partial charge on any atom is -0.378 e. The molecular weight excluding hydrogens is 342 g/mol. The Morgan fingerprint density at radius 3 is 2.11 bits per heavy atom. The highest BCUT2D eigenvalue weighted by atomic mass is 16.5. The summed E-state index contributed by atoms with van der Waals surface area (Å²) in [5, 5.41) is 0. The van der Waals surface area contributed by atoms with E-state index in [0.29, 0.717) is 26.1 Å². The summed E-state index contributed by atoms with van der Waals surface area (Å²) in [6.45, 7) is 12.0. The summed E-state index contributed by atoms with van der Waals surface area (Å²) in [7, 11) is 0. The molecule has 2 aliphatic heterocycles. The van der Waals surface area contributed by atoms with Crippen LogP contribution in [-0.4, -0.2) is 66.0 Å². The Balaban J connectivity index is 1.53. The first-order chi connectivity index (χ1) is 12.7. The minimum absolute atomic E-state index is 0.0288. The molecule has 2 saturated heterocycles. The summed E-state index contributed by atoms with van der Waals surface area (Å²) >= 11 is 0. The Labute approximate surface area is 163 Å². The second-order valence-corrected chi connectivity index (χ2v) is 9.42. The molecular formula is C21H37N3O3. The molecule has 27 heavy (non-hydrogen) atoms. The first-order valence-corrected chi connectivity index (χ1v) is 10.7. The summed E-state index contributed by atoms with van der Waals surface area (Å²) in [6.07, 6.45) is 4.34. The zero-order valence-corrected chi connectivity index (χ0v) is 17.5. The van der Waals surface area contributed by atoms with Gasteiger partial charge in [-0.3, -0.25) is 9.59 Å². The lowest BCUT2D eigenvalue weighted by Crippen LogP contribution is -2.76. The molecule has 2 amide bonds. The van der Waals surface area contributed by atoms with Crippen molar-refractivity contribution >= 4 is 11.8 Å². The molecule has 0 aromatic carbocycles. The van der Waals surface area contributed by atoms with Crippen LogP contribution in [0.3, 0.4) is 0 Å². The maximum atomic E-state index is 13.1. The lowest BCUT2D eigenvalue weighted by atomic mass is 9.54. The van der Waals surface area contributed by atoms with Crippen molar-refractivity contribution in [1.82, 2.24) is 9.80 Å². The van der Waals surface area contributed by atoms with E-state index in [1.54, 1.807) is 0 Å². The van der Waals surface area contributed by atoms with Gasteiger partial charge in [-0.1, -0.05) is 20.8 Å². The highest BCUT2D eigenvalue weighted by Crippen LogP contribution is 2.50. The predicted molar refractivity (Wildman–Crippen MR) is 105 cm³/mol. The first kappa shape index (κ1) is 20.6. The smallest absolute Gasteiger partial charge is 0.243 e. The second-order valence-electron chi connectivity index (χ2n) is 9.42. The van der Waals surface area contributed by atoms with Crippen LogP contribution in [0, 0.1) is 17.3 Å². The molecule has 2 heterocycles. The van der Waals surface area contributed by atoms with Crippen LogP contribution in [0.5, 0.6) is 0 Å². The van der Waals surface area contributed by atoms with E-state index >= 15 is 0 Å². The topological polar surface area (TPSA) is 75.9 Å². The van der Waals surface area contributed by atoms with Gasteiger partial charge in [0.2, 0.25) is 11.8 Å². The zero-order valence-electron chi connectivity index (χ0n) is 17.5. The third-order valence-electron chi connectivity index (χ3n) is 7.44. The van der Waals surface area contributed by atoms with Gasteiger partial charge in [-0.15, -0.1) is 0 Å². The van der Waals surface area contributed by atoms with Crippen LogP contribution in [0.25, 0.3) is 0 Å². The predicted octanol–water partition coefficient (Wildman–Crippen LogP) is 2.02. The lowest BCUT2D eigenvalue weighted by Gasteiger charge is -2.59. The van der Waals surface area contributed by atoms with Gasteiger partial charge in [0.1, 0.15) is 5.54 Å². The number of likely N-dealkylation sites (tertiary alicyclic amines) is 2. The van der Waals surface area contributed by atoms with Gasteiger partial charge >= 0.3 is 0 Å². The summed E-state index contributed by atoms with van der Waals surface area (Å²) in [5.41, 5.74) is 5.34. The van der Waals surface area contributed by atoms with Gasteiger partial charge in [0, 0.05) is 50.5 Å². The van der Waals surface area contributed by atoms with Gasteiger partial charge in [0.05, 0.1) is 6.10 Å². The maximum Gasteiger partial charge on any atom is 0.243 e. The fourth-order valence-electron chi connectivity index (χ4n) is 4.90. The Hall–Kier alpha value is -1.14. The fraction of sp³-hybridized carbons (Fsp3) is 0.905. The average molecular weight is 380 g/mol. The Kier molecular flexibility index (Phi) is 5.88. The molecule has 0 radical (unpaired) electrons. The zero-order chi connectivity index (χ0) is 19.8. The van der Waals surface area contributed by atoms with Gasteiger partial charge in [0.25, 0.3) is 0 Å². The molecule has 6 nitrogen and oxygen atoms in total. The standard InChI is InChI=1S/C21H37N3O3/c1-5-27-17-14-21(22,20(17,3)4)19(26)24-12-8-16(9-13-24)18(25)23-10-6-15(2)7-11-23/h15-17H,5-14,22H2,1-4H3. The number of piperidine rings is 2. The highest BCUT2D eigenvalue weighted by molar-refractivity contribution is 5.89. The molecule has 0 bridgehead atoms. The molecule has 2 atom stereocenters. The number of carbonyl (C=O) groups is 2. The van der Waals surface area contributed by atoms with Crippen LogP contribution in [0.2, 0.25) is 0 Å². The van der Waals surface area contributed by atoms with Gasteiger partial charge in [-0.2, -0.15) is 0 Å². The van der Waals surface area contributed by atoms with E-state index in [2.05, 4.69) is 6.92 Å². The Morgan fingerprint density at radius 1 is 1.04 bits per heavy atom. The van der Waals surface area contributed by atoms with Gasteiger partial charge in [-0.25, -0.2) is 0 Å². The molecule has 1 saturated carbocycles. The molecule has 0 spiro atoms. The van der Waals surface area contributed by atoms with E-state index in [1.807, 2.05) is 30.6 Å². The van der Waals surface area contributed by atoms with Gasteiger partial charge < -0.3 is 20.3 Å². The van der Waals surface area contributed by atoms with Crippen molar-refractivity contribution in [1.29, 1.82) is 0 Å². The summed E-state index contributed by atoms with van der Waals surface area (Å²) < 4.78 is 5.75. The summed E-state index contributed by atoms with van der Waals surface area (Å²) in [4.78, 5) is 29.8. The molecule has 154 valence electrons. The van der Waals surface area contributed by atoms with Crippen LogP contribution in [0.4, 0.5) is 0 Å². The Morgan fingerprint density at radius 2 is 1.59 bits per heavy atom. The minimum atomic E-state index is -0.854. The van der Waals surface area contributed by atoms with Gasteiger partial charge in [-0.05, 0) is 38.5 Å². The van der Waals surface area contributed by atoms with E-state index < -0.39 is 5.54 Å². The molecule has 0 aromatic heterocycles. The van der Waals surface area contributed by atoms with Crippen LogP contribution in [0.15, 0.2) is 0 Å². The molecule has 3 aliphatic rings. The fourth-order valence-corrected chi connectivity index (χ4v) is 4.90. The van der Waals surface area contributed by atoms with E-state index in [-0.39, 0.29) is 29.3 Å². The molecule has 0 aromatic rings. The van der Waals surface area contributed by atoms with Crippen LogP contribution in [-0.2, 0) is 14.3 Å². The van der Waals surface area contributed by atoms with Crippen molar-refractivity contribution in [2.75, 3.05) is 32.8 Å². The van der Waals surface area contributed by atoms with Crippen molar-refractivity contribution < 1.29 is 14.3 Å². The van der Waals surface area contributed by atoms with Crippen molar-refractivity contribution in [2.45, 2.75) is 71.4 Å². The molecule has 2 unspecified atom stereocenters.